The van der Waals surface area contributed by atoms with Gasteiger partial charge < -0.3 is 0 Å². The zero-order valence-corrected chi connectivity index (χ0v) is 17.9. The van der Waals surface area contributed by atoms with Crippen LogP contribution >= 0.6 is 11.3 Å². The van der Waals surface area contributed by atoms with Crippen LogP contribution in [0, 0.1) is 6.92 Å². The molecule has 1 aliphatic heterocycles. The van der Waals surface area contributed by atoms with Crippen LogP contribution in [-0.2, 0) is 0 Å². The van der Waals surface area contributed by atoms with Crippen molar-refractivity contribution in [2.75, 3.05) is 11.9 Å². The maximum atomic E-state index is 11.9. The Hall–Kier alpha value is -2.20. The zero-order valence-electron chi connectivity index (χ0n) is 14.3. The molecule has 3 aromatic rings. The minimum atomic E-state index is -0.733. The van der Waals surface area contributed by atoms with E-state index in [0.717, 1.165) is 27.6 Å². The summed E-state index contributed by atoms with van der Waals surface area (Å²) in [5.41, 5.74) is 4.45. The molecule has 1 aliphatic rings. The van der Waals surface area contributed by atoms with Gasteiger partial charge in [-0.05, 0) is 6.92 Å². The first-order chi connectivity index (χ1) is 12.7. The Morgan fingerprint density at radius 1 is 1.42 bits per heavy atom. The third kappa shape index (κ3) is 3.26. The van der Waals surface area contributed by atoms with Crippen LogP contribution in [0.3, 0.4) is 0 Å². The molecule has 0 spiro atoms. The normalized spacial score (nSPS) is 13.2. The van der Waals surface area contributed by atoms with Crippen LogP contribution in [0.2, 0.25) is 0 Å². The summed E-state index contributed by atoms with van der Waals surface area (Å²) in [5.74, 6) is 0.607. The Balaban J connectivity index is 1.69. The molecule has 3 aromatic heterocycles. The zero-order chi connectivity index (χ0) is 18.1. The summed E-state index contributed by atoms with van der Waals surface area (Å²) >= 11 is 0.737. The van der Waals surface area contributed by atoms with Crippen molar-refractivity contribution < 1.29 is 4.79 Å². The average Bonchev–Trinajstić information content (AvgIpc) is 3.34. The average molecular weight is 471 g/mol. The van der Waals surface area contributed by atoms with Gasteiger partial charge in [0.15, 0.2) is 0 Å². The molecule has 1 amide bonds. The number of carbonyl (C=O) groups is 1. The van der Waals surface area contributed by atoms with E-state index in [4.69, 9.17) is 0 Å². The summed E-state index contributed by atoms with van der Waals surface area (Å²) in [4.78, 5) is 21.1. The second kappa shape index (κ2) is 7.20. The van der Waals surface area contributed by atoms with Crippen molar-refractivity contribution in [3.63, 3.8) is 0 Å². The fourth-order valence-corrected chi connectivity index (χ4v) is 5.33. The van der Waals surface area contributed by atoms with Gasteiger partial charge in [0.05, 0.1) is 0 Å². The predicted molar refractivity (Wildman–Crippen MR) is 106 cm³/mol. The van der Waals surface area contributed by atoms with E-state index in [0.29, 0.717) is 17.9 Å². The van der Waals surface area contributed by atoms with E-state index >= 15 is 0 Å². The van der Waals surface area contributed by atoms with E-state index in [9.17, 15) is 4.79 Å². The van der Waals surface area contributed by atoms with Gasteiger partial charge in [-0.15, -0.1) is 0 Å². The number of imidazole rings is 1. The molecular weight excluding hydrogens is 455 g/mol. The fourth-order valence-electron chi connectivity index (χ4n) is 2.70. The molecule has 0 unspecified atom stereocenters. The van der Waals surface area contributed by atoms with E-state index in [2.05, 4.69) is 27.9 Å². The van der Waals surface area contributed by atoms with Crippen molar-refractivity contribution >= 4 is 66.9 Å². The number of carbonyl (C=O) groups excluding carboxylic acids is 1. The molecule has 4 rings (SSSR count). The van der Waals surface area contributed by atoms with Crippen LogP contribution in [0.5, 0.6) is 0 Å². The van der Waals surface area contributed by atoms with Crippen LogP contribution in [0.1, 0.15) is 28.7 Å². The van der Waals surface area contributed by atoms with Crippen molar-refractivity contribution in [2.45, 2.75) is 13.8 Å². The number of nitrogens with zero attached hydrogens (tertiary/aromatic N) is 4. The number of amides is 1. The Kier molecular flexibility index (Phi) is 4.77. The monoisotopic (exact) mass is 472 g/mol. The van der Waals surface area contributed by atoms with Gasteiger partial charge in [-0.25, -0.2) is 0 Å². The molecule has 0 fully saturated rings. The third-order valence-corrected chi connectivity index (χ3v) is 6.74. The molecule has 0 saturated heterocycles. The van der Waals surface area contributed by atoms with Crippen molar-refractivity contribution in [3.8, 4) is 0 Å². The number of thiophene rings is 1. The van der Waals surface area contributed by atoms with Crippen LogP contribution in [0.15, 0.2) is 31.1 Å². The first kappa shape index (κ1) is 17.2. The van der Waals surface area contributed by atoms with Crippen molar-refractivity contribution in [2.24, 2.45) is 3.21 Å². The number of fused-ring (bicyclic) bond motifs is 1. The van der Waals surface area contributed by atoms with Crippen LogP contribution in [0.4, 0.5) is 10.8 Å². The number of hydrogen-bond donors (Lipinski definition) is 2. The molecule has 0 aliphatic carbocycles. The molecular formula is C17H16N6OSSn. The molecule has 26 heavy (non-hydrogen) atoms. The molecule has 2 N–H and O–H groups in total. The van der Waals surface area contributed by atoms with Crippen LogP contribution < -0.4 is 10.6 Å². The summed E-state index contributed by atoms with van der Waals surface area (Å²) in [7, 11) is 0. The number of nitrogens with one attached hydrogen (secondary N) is 2. The van der Waals surface area contributed by atoms with Gasteiger partial charge in [-0.1, -0.05) is 0 Å². The predicted octanol–water partition coefficient (Wildman–Crippen LogP) is 2.64. The number of aryl methyl sites for hydroxylation is 1. The van der Waals surface area contributed by atoms with Crippen molar-refractivity contribution in [1.82, 2.24) is 19.7 Å². The van der Waals surface area contributed by atoms with Crippen molar-refractivity contribution in [1.29, 1.82) is 0 Å². The number of rotatable bonds is 5. The van der Waals surface area contributed by atoms with Crippen LogP contribution in [0.25, 0.3) is 11.2 Å². The van der Waals surface area contributed by atoms with Gasteiger partial charge in [0, 0.05) is 6.54 Å². The minimum absolute atomic E-state index is 0.0696. The Labute approximate surface area is 164 Å². The van der Waals surface area contributed by atoms with E-state index in [1.165, 1.54) is 11.3 Å². The number of aromatic nitrogens is 3. The second-order valence-electron chi connectivity index (χ2n) is 5.74. The van der Waals surface area contributed by atoms with Gasteiger partial charge >= 0.3 is 152 Å². The first-order valence-electron chi connectivity index (χ1n) is 8.13. The third-order valence-electron chi connectivity index (χ3n) is 3.85. The summed E-state index contributed by atoms with van der Waals surface area (Å²) < 4.78 is 8.71. The Bertz CT molecular complexity index is 1050. The first-order valence-corrected chi connectivity index (χ1v) is 11.9. The molecule has 9 heteroatoms. The quantitative estimate of drug-likeness (QED) is 0.561. The number of allylic oxidation sites excluding steroid dienone is 1. The molecule has 0 aromatic carbocycles. The fraction of sp³-hybridized carbons (Fsp3) is 0.176. The second-order valence-corrected chi connectivity index (χ2v) is 8.95. The molecule has 2 radical (unpaired) electrons. The van der Waals surface area contributed by atoms with Gasteiger partial charge in [0.1, 0.15) is 0 Å². The van der Waals surface area contributed by atoms with E-state index < -0.39 is 21.4 Å². The van der Waals surface area contributed by atoms with Gasteiger partial charge in [0.2, 0.25) is 0 Å². The summed E-state index contributed by atoms with van der Waals surface area (Å²) in [5, 5.41) is 8.81. The SMILES string of the molecule is CCNC(=O)c1csc(Nc2nc(C)cn3c(C4=[CH][Sn][N]=C4)cnc23)c1. The van der Waals surface area contributed by atoms with Crippen molar-refractivity contribution in [3.05, 3.63) is 44.9 Å². The molecule has 130 valence electrons. The molecule has 0 atom stereocenters. The number of hydrogen-bond acceptors (Lipinski definition) is 6. The Morgan fingerprint density at radius 2 is 2.31 bits per heavy atom. The standard InChI is InChI=1S/C17H16N6OS.Sn/c1-4-19-17(24)12-5-14(25-9-12)22-15-16-20-7-13(10(2)6-18)23(16)8-11(3)21-15;/h2,5-9H,4H2,1,3H3,(H,19,24)(H,21,22);/q-1;+1. The van der Waals surface area contributed by atoms with Crippen LogP contribution in [-0.4, -0.2) is 54.5 Å². The topological polar surface area (TPSA) is 83.7 Å². The van der Waals surface area contributed by atoms with E-state index in [1.807, 2.05) is 48.3 Å². The van der Waals surface area contributed by atoms with E-state index in [-0.39, 0.29) is 5.91 Å². The number of anilines is 2. The Morgan fingerprint density at radius 3 is 3.08 bits per heavy atom. The molecule has 7 nitrogen and oxygen atoms in total. The van der Waals surface area contributed by atoms with Gasteiger partial charge in [0.25, 0.3) is 0 Å². The molecule has 4 heterocycles. The summed E-state index contributed by atoms with van der Waals surface area (Å²) in [6.07, 6.45) is 5.78. The van der Waals surface area contributed by atoms with Gasteiger partial charge in [-0.2, -0.15) is 0 Å². The maximum absolute atomic E-state index is 11.9. The van der Waals surface area contributed by atoms with Gasteiger partial charge in [-0.3, -0.25) is 0 Å². The summed E-state index contributed by atoms with van der Waals surface area (Å²) in [6.45, 7) is 4.47. The van der Waals surface area contributed by atoms with E-state index in [1.54, 1.807) is 0 Å². The summed E-state index contributed by atoms with van der Waals surface area (Å²) in [6, 6.07) is 1.83. The molecule has 0 saturated carbocycles. The molecule has 0 bridgehead atoms.